The average Bonchev–Trinajstić information content (AvgIpc) is 2.71. The first-order chi connectivity index (χ1) is 10.0. The molecule has 7 heteroatoms. The van der Waals surface area contributed by atoms with Gasteiger partial charge in [-0.15, -0.1) is 0 Å². The van der Waals surface area contributed by atoms with Crippen molar-refractivity contribution in [3.8, 4) is 0 Å². The van der Waals surface area contributed by atoms with Gasteiger partial charge in [0.25, 0.3) is 5.69 Å². The van der Waals surface area contributed by atoms with E-state index < -0.39 is 4.92 Å². The van der Waals surface area contributed by atoms with E-state index in [9.17, 15) is 19.7 Å². The Morgan fingerprint density at radius 1 is 1.14 bits per heavy atom. The number of halogens is 1. The van der Waals surface area contributed by atoms with E-state index in [2.05, 4.69) is 0 Å². The standard InChI is InChI=1S/C14H13ClN2O4/c15-11-7-8(5-6-12(11)17(20)21)16-13(18)9-3-1-2-4-10(9)14(16)19/h5-7,9-10H,1-4H2. The fourth-order valence-electron chi connectivity index (χ4n) is 3.20. The van der Waals surface area contributed by atoms with Gasteiger partial charge in [-0.05, 0) is 25.0 Å². The summed E-state index contributed by atoms with van der Waals surface area (Å²) in [6.45, 7) is 0. The van der Waals surface area contributed by atoms with Crippen LogP contribution in [0.15, 0.2) is 18.2 Å². The van der Waals surface area contributed by atoms with Crippen molar-refractivity contribution in [2.45, 2.75) is 25.7 Å². The van der Waals surface area contributed by atoms with Gasteiger partial charge in [0.2, 0.25) is 11.8 Å². The summed E-state index contributed by atoms with van der Waals surface area (Å²) in [6, 6.07) is 3.93. The third kappa shape index (κ3) is 2.19. The minimum Gasteiger partial charge on any atom is -0.274 e. The summed E-state index contributed by atoms with van der Waals surface area (Å²) in [5, 5.41) is 10.7. The first kappa shape index (κ1) is 14.0. The second kappa shape index (κ2) is 5.11. The Morgan fingerprint density at radius 3 is 2.19 bits per heavy atom. The first-order valence-corrected chi connectivity index (χ1v) is 7.20. The number of fused-ring (bicyclic) bond motifs is 1. The maximum atomic E-state index is 12.4. The van der Waals surface area contributed by atoms with Crippen LogP contribution in [-0.4, -0.2) is 16.7 Å². The van der Waals surface area contributed by atoms with Crippen molar-refractivity contribution >= 4 is 34.8 Å². The van der Waals surface area contributed by atoms with Gasteiger partial charge in [0.05, 0.1) is 22.4 Å². The molecule has 3 rings (SSSR count). The van der Waals surface area contributed by atoms with E-state index in [-0.39, 0.29) is 34.4 Å². The lowest BCUT2D eigenvalue weighted by atomic mass is 9.81. The Bertz CT molecular complexity index is 622. The molecule has 1 aromatic rings. The number of carbonyl (C=O) groups is 2. The Hall–Kier alpha value is -1.95. The number of nitro groups is 1. The van der Waals surface area contributed by atoms with Crippen LogP contribution in [0, 0.1) is 22.0 Å². The summed E-state index contributed by atoms with van der Waals surface area (Å²) >= 11 is 5.86. The number of imide groups is 1. The van der Waals surface area contributed by atoms with Crippen LogP contribution < -0.4 is 4.90 Å². The zero-order valence-corrected chi connectivity index (χ0v) is 11.9. The molecule has 2 fully saturated rings. The van der Waals surface area contributed by atoms with Crippen LogP contribution in [-0.2, 0) is 9.59 Å². The normalized spacial score (nSPS) is 25.1. The van der Waals surface area contributed by atoms with E-state index in [1.165, 1.54) is 18.2 Å². The number of amides is 2. The molecule has 1 saturated heterocycles. The summed E-state index contributed by atoms with van der Waals surface area (Å²) in [5.41, 5.74) is 0.0759. The summed E-state index contributed by atoms with van der Waals surface area (Å²) in [6.07, 6.45) is 3.36. The molecule has 0 bridgehead atoms. The Labute approximate surface area is 125 Å². The number of carbonyl (C=O) groups excluding carboxylic acids is 2. The lowest BCUT2D eigenvalue weighted by molar-refractivity contribution is -0.384. The highest BCUT2D eigenvalue weighted by Crippen LogP contribution is 2.41. The molecule has 0 aromatic heterocycles. The molecular weight excluding hydrogens is 296 g/mol. The summed E-state index contributed by atoms with van der Waals surface area (Å²) in [7, 11) is 0. The number of anilines is 1. The smallest absolute Gasteiger partial charge is 0.274 e. The lowest BCUT2D eigenvalue weighted by Gasteiger charge is -2.19. The van der Waals surface area contributed by atoms with Gasteiger partial charge < -0.3 is 0 Å². The topological polar surface area (TPSA) is 80.5 Å². The molecular formula is C14H13ClN2O4. The molecule has 0 spiro atoms. The minimum absolute atomic E-state index is 0.0760. The van der Waals surface area contributed by atoms with Gasteiger partial charge >= 0.3 is 0 Å². The fourth-order valence-corrected chi connectivity index (χ4v) is 3.44. The highest BCUT2D eigenvalue weighted by Gasteiger charge is 2.48. The molecule has 2 unspecified atom stereocenters. The Kier molecular flexibility index (Phi) is 3.41. The van der Waals surface area contributed by atoms with Crippen LogP contribution in [0.25, 0.3) is 0 Å². The molecule has 2 atom stereocenters. The van der Waals surface area contributed by atoms with Crippen molar-refractivity contribution in [1.29, 1.82) is 0 Å². The van der Waals surface area contributed by atoms with E-state index in [4.69, 9.17) is 11.6 Å². The molecule has 110 valence electrons. The van der Waals surface area contributed by atoms with Crippen LogP contribution in [0.1, 0.15) is 25.7 Å². The fraction of sp³-hybridized carbons (Fsp3) is 0.429. The second-order valence-electron chi connectivity index (χ2n) is 5.40. The number of rotatable bonds is 2. The first-order valence-electron chi connectivity index (χ1n) is 6.82. The van der Waals surface area contributed by atoms with E-state index in [0.717, 1.165) is 30.6 Å². The van der Waals surface area contributed by atoms with Crippen molar-refractivity contribution in [3.63, 3.8) is 0 Å². The van der Waals surface area contributed by atoms with Crippen LogP contribution in [0.3, 0.4) is 0 Å². The molecule has 21 heavy (non-hydrogen) atoms. The molecule has 0 radical (unpaired) electrons. The molecule has 0 N–H and O–H groups in total. The van der Waals surface area contributed by atoms with E-state index in [0.29, 0.717) is 5.69 Å². The molecule has 1 saturated carbocycles. The van der Waals surface area contributed by atoms with Gasteiger partial charge in [-0.3, -0.25) is 19.7 Å². The predicted octanol–water partition coefficient (Wildman–Crippen LogP) is 2.93. The van der Waals surface area contributed by atoms with Crippen molar-refractivity contribution in [2.75, 3.05) is 4.90 Å². The molecule has 2 aliphatic rings. The number of benzene rings is 1. The van der Waals surface area contributed by atoms with Crippen molar-refractivity contribution in [2.24, 2.45) is 11.8 Å². The second-order valence-corrected chi connectivity index (χ2v) is 5.81. The molecule has 1 aromatic carbocycles. The minimum atomic E-state index is -0.598. The van der Waals surface area contributed by atoms with Crippen LogP contribution in [0.4, 0.5) is 11.4 Å². The van der Waals surface area contributed by atoms with E-state index >= 15 is 0 Å². The highest BCUT2D eigenvalue weighted by molar-refractivity contribution is 6.33. The van der Waals surface area contributed by atoms with Crippen molar-refractivity contribution < 1.29 is 14.5 Å². The maximum Gasteiger partial charge on any atom is 0.288 e. The number of nitro benzene ring substituents is 1. The van der Waals surface area contributed by atoms with Crippen LogP contribution in [0.2, 0.25) is 5.02 Å². The zero-order valence-electron chi connectivity index (χ0n) is 11.1. The van der Waals surface area contributed by atoms with Gasteiger partial charge in [0.15, 0.2) is 0 Å². The van der Waals surface area contributed by atoms with Gasteiger partial charge in [-0.1, -0.05) is 24.4 Å². The summed E-state index contributed by atoms with van der Waals surface area (Å²) in [4.78, 5) is 36.1. The van der Waals surface area contributed by atoms with Gasteiger partial charge in [-0.2, -0.15) is 0 Å². The SMILES string of the molecule is O=C1C2CCCCC2C(=O)N1c1ccc([N+](=O)[O-])c(Cl)c1. The third-order valence-electron chi connectivity index (χ3n) is 4.23. The quantitative estimate of drug-likeness (QED) is 0.478. The molecule has 1 aliphatic carbocycles. The Morgan fingerprint density at radius 2 is 1.71 bits per heavy atom. The molecule has 2 amide bonds. The Balaban J connectivity index is 1.97. The number of nitrogens with zero attached hydrogens (tertiary/aromatic N) is 2. The number of hydrogen-bond donors (Lipinski definition) is 0. The maximum absolute atomic E-state index is 12.4. The van der Waals surface area contributed by atoms with Gasteiger partial charge in [0.1, 0.15) is 5.02 Å². The van der Waals surface area contributed by atoms with Crippen LogP contribution in [0.5, 0.6) is 0 Å². The van der Waals surface area contributed by atoms with Crippen molar-refractivity contribution in [1.82, 2.24) is 0 Å². The summed E-state index contributed by atoms with van der Waals surface area (Å²) in [5.74, 6) is -0.926. The third-order valence-corrected chi connectivity index (χ3v) is 4.53. The largest absolute Gasteiger partial charge is 0.288 e. The lowest BCUT2D eigenvalue weighted by Crippen LogP contribution is -2.30. The molecule has 1 heterocycles. The molecule has 6 nitrogen and oxygen atoms in total. The van der Waals surface area contributed by atoms with Gasteiger partial charge in [0, 0.05) is 6.07 Å². The number of hydrogen-bond acceptors (Lipinski definition) is 4. The zero-order chi connectivity index (χ0) is 15.1. The predicted molar refractivity (Wildman–Crippen MR) is 76.0 cm³/mol. The summed E-state index contributed by atoms with van der Waals surface area (Å²) < 4.78 is 0. The highest BCUT2D eigenvalue weighted by atomic mass is 35.5. The van der Waals surface area contributed by atoms with Gasteiger partial charge in [-0.25, -0.2) is 4.90 Å². The van der Waals surface area contributed by atoms with Crippen molar-refractivity contribution in [3.05, 3.63) is 33.3 Å². The van der Waals surface area contributed by atoms with Crippen LogP contribution >= 0.6 is 11.6 Å². The average molecular weight is 309 g/mol. The van der Waals surface area contributed by atoms with E-state index in [1.54, 1.807) is 0 Å². The molecule has 1 aliphatic heterocycles. The van der Waals surface area contributed by atoms with E-state index in [1.807, 2.05) is 0 Å². The monoisotopic (exact) mass is 308 g/mol.